The monoisotopic (exact) mass is 739 g/mol. The van der Waals surface area contributed by atoms with Crippen molar-refractivity contribution in [2.24, 2.45) is 17.6 Å². The van der Waals surface area contributed by atoms with Gasteiger partial charge in [0.25, 0.3) is 0 Å². The molecule has 2 fully saturated rings. The number of carboxylic acids is 1. The smallest absolute Gasteiger partial charge is 0.311 e. The molecule has 3 rings (SSSR count). The van der Waals surface area contributed by atoms with Crippen LogP contribution in [0.5, 0.6) is 0 Å². The number of allylic oxidation sites excluding steroid dienone is 6. The lowest BCUT2D eigenvalue weighted by Crippen LogP contribution is -2.61. The Morgan fingerprint density at radius 3 is 2.33 bits per heavy atom. The zero-order chi connectivity index (χ0) is 38.6. The Kier molecular flexibility index (Phi) is 17.2. The van der Waals surface area contributed by atoms with Gasteiger partial charge in [0.2, 0.25) is 0 Å². The molecular formula is C37H57NO14. The Bertz CT molecular complexity index is 1290. The molecule has 0 aromatic rings. The van der Waals surface area contributed by atoms with Gasteiger partial charge in [0.1, 0.15) is 23.9 Å². The second-order valence-electron chi connectivity index (χ2n) is 14.1. The number of nitrogens with two attached hydrogens (primary N) is 1. The number of ether oxygens (including phenoxy) is 4. The lowest BCUT2D eigenvalue weighted by atomic mass is 9.83. The maximum absolute atomic E-state index is 12.8. The summed E-state index contributed by atoms with van der Waals surface area (Å²) in [6.45, 7) is 5.00. The molecule has 0 aromatic heterocycles. The number of aliphatic hydroxyl groups is 6. The average Bonchev–Trinajstić information content (AvgIpc) is 3.04. The minimum absolute atomic E-state index is 0.0197. The van der Waals surface area contributed by atoms with Gasteiger partial charge < -0.3 is 60.4 Å². The maximum atomic E-state index is 12.8. The number of hydrogen-bond donors (Lipinski definition) is 8. The summed E-state index contributed by atoms with van der Waals surface area (Å²) in [7, 11) is 0. The van der Waals surface area contributed by atoms with E-state index < -0.39 is 110 Å². The minimum atomic E-state index is -2.15. The van der Waals surface area contributed by atoms with E-state index >= 15 is 0 Å². The summed E-state index contributed by atoms with van der Waals surface area (Å²) >= 11 is 0. The van der Waals surface area contributed by atoms with Crippen molar-refractivity contribution >= 4 is 17.7 Å². The van der Waals surface area contributed by atoms with E-state index in [1.807, 2.05) is 0 Å². The van der Waals surface area contributed by atoms with E-state index in [9.17, 15) is 50.1 Å². The molecule has 15 heteroatoms. The molecule has 15 nitrogen and oxygen atoms in total. The number of esters is 1. The Morgan fingerprint density at radius 2 is 1.65 bits per heavy atom. The highest BCUT2D eigenvalue weighted by atomic mass is 16.7. The van der Waals surface area contributed by atoms with Crippen molar-refractivity contribution in [2.45, 2.75) is 152 Å². The lowest BCUT2D eigenvalue weighted by molar-refractivity contribution is -0.308. The van der Waals surface area contributed by atoms with E-state index in [2.05, 4.69) is 0 Å². The van der Waals surface area contributed by atoms with Crippen LogP contribution in [0.3, 0.4) is 0 Å². The first-order chi connectivity index (χ1) is 24.5. The first-order valence-electron chi connectivity index (χ1n) is 18.0. The molecule has 8 unspecified atom stereocenters. The first-order valence-corrected chi connectivity index (χ1v) is 18.0. The molecule has 52 heavy (non-hydrogen) atoms. The predicted molar refractivity (Wildman–Crippen MR) is 186 cm³/mol. The molecule has 0 radical (unpaired) electrons. The van der Waals surface area contributed by atoms with Gasteiger partial charge in [-0.25, -0.2) is 0 Å². The largest absolute Gasteiger partial charge is 0.481 e. The third kappa shape index (κ3) is 12.9. The Hall–Kier alpha value is -2.83. The van der Waals surface area contributed by atoms with Crippen molar-refractivity contribution in [1.29, 1.82) is 0 Å². The van der Waals surface area contributed by atoms with Crippen LogP contribution in [0, 0.1) is 11.8 Å². The van der Waals surface area contributed by atoms with Gasteiger partial charge in [-0.05, 0) is 33.1 Å². The number of carbonyl (C=O) groups is 3. The van der Waals surface area contributed by atoms with Crippen molar-refractivity contribution < 1.29 is 69.1 Å². The molecule has 0 spiro atoms. The van der Waals surface area contributed by atoms with Crippen molar-refractivity contribution in [3.05, 3.63) is 48.6 Å². The number of ketones is 1. The second-order valence-corrected chi connectivity index (χ2v) is 14.1. The van der Waals surface area contributed by atoms with Crippen LogP contribution in [0.25, 0.3) is 0 Å². The Balaban J connectivity index is 1.88. The number of hydrogen-bond acceptors (Lipinski definition) is 14. The number of aliphatic hydroxyl groups excluding tert-OH is 5. The topological polar surface area (TPSA) is 256 Å². The van der Waals surface area contributed by atoms with Gasteiger partial charge in [0.15, 0.2) is 12.1 Å². The fourth-order valence-electron chi connectivity index (χ4n) is 6.72. The number of cyclic esters (lactones) is 1. The first kappa shape index (κ1) is 43.6. The van der Waals surface area contributed by atoms with E-state index in [4.69, 9.17) is 24.7 Å². The van der Waals surface area contributed by atoms with Crippen LogP contribution in [0.15, 0.2) is 48.6 Å². The standard InChI is InChI=1S/C37H57NO14/c1-4-26-27(41)17-23(39)14-12-15-24(40)19-37(48)20-28(42)30(34(45)46)29(52-37)18-25(51-36-33(44)31(38)32(43)22(3)50-36)16-11-9-7-5-6-8-10-13-21(2)49-35(26)47/h5-11,16,21-22,24-33,36,40-44,48H,4,12-15,17-20,38H2,1-3H3,(H,45,46)/b6-5+,9-7+,10-8+,16-11+/t21-,22?,24?,25+,26?,27?,28+,29+,30-,31?,32?,33?,36?,37-/m1/s1. The number of fused-ring (bicyclic) bond motifs is 2. The van der Waals surface area contributed by atoms with Gasteiger partial charge in [-0.15, -0.1) is 0 Å². The molecule has 3 aliphatic rings. The SMILES string of the molecule is CCC1C(=O)O[C@H](C)C/C=C/C=C/C=C/C=C/[C@H](OC2OC(C)C(O)C(N)C2O)C[C@@H]2O[C@](O)(CC(O)CCCC(=O)CC1O)C[C@H](O)[C@H]2C(=O)O. The number of Topliss-reactive ketones (excluding diaryl/α,β-unsaturated/α-hetero) is 1. The van der Waals surface area contributed by atoms with Crippen LogP contribution in [0.1, 0.15) is 78.6 Å². The number of carbonyl (C=O) groups excluding carboxylic acids is 2. The van der Waals surface area contributed by atoms with Gasteiger partial charge >= 0.3 is 11.9 Å². The minimum Gasteiger partial charge on any atom is -0.481 e. The summed E-state index contributed by atoms with van der Waals surface area (Å²) in [5, 5.41) is 74.8. The van der Waals surface area contributed by atoms with E-state index in [1.165, 1.54) is 0 Å². The average molecular weight is 740 g/mol. The molecule has 0 aliphatic carbocycles. The second kappa shape index (κ2) is 20.6. The molecule has 2 bridgehead atoms. The lowest BCUT2D eigenvalue weighted by Gasteiger charge is -2.45. The summed E-state index contributed by atoms with van der Waals surface area (Å²) in [6, 6.07) is -1.10. The van der Waals surface area contributed by atoms with Crippen molar-refractivity contribution in [3.63, 3.8) is 0 Å². The number of aliphatic carboxylic acids is 1. The molecule has 0 amide bonds. The van der Waals surface area contributed by atoms with Crippen LogP contribution in [-0.4, -0.2) is 127 Å². The normalized spacial score (nSPS) is 43.5. The van der Waals surface area contributed by atoms with Gasteiger partial charge in [-0.3, -0.25) is 14.4 Å². The number of carboxylic acid groups (broad SMARTS) is 1. The maximum Gasteiger partial charge on any atom is 0.311 e. The van der Waals surface area contributed by atoms with E-state index in [0.29, 0.717) is 6.42 Å². The van der Waals surface area contributed by atoms with Crippen LogP contribution in [0.2, 0.25) is 0 Å². The van der Waals surface area contributed by atoms with Gasteiger partial charge in [0, 0.05) is 38.5 Å². The summed E-state index contributed by atoms with van der Waals surface area (Å²) in [5.74, 6) is -6.84. The van der Waals surface area contributed by atoms with Crippen LogP contribution in [-0.2, 0) is 33.3 Å². The van der Waals surface area contributed by atoms with Crippen LogP contribution < -0.4 is 5.73 Å². The summed E-state index contributed by atoms with van der Waals surface area (Å²) in [4.78, 5) is 37.8. The Labute approximate surface area is 304 Å². The molecule has 3 aliphatic heterocycles. The van der Waals surface area contributed by atoms with Crippen molar-refractivity contribution in [3.8, 4) is 0 Å². The summed E-state index contributed by atoms with van der Waals surface area (Å²) < 4.78 is 23.1. The van der Waals surface area contributed by atoms with E-state index in [1.54, 1.807) is 69.4 Å². The van der Waals surface area contributed by atoms with Gasteiger partial charge in [0.05, 0.1) is 54.7 Å². The third-order valence-electron chi connectivity index (χ3n) is 9.66. The molecule has 2 saturated heterocycles. The quantitative estimate of drug-likeness (QED) is 0.187. The van der Waals surface area contributed by atoms with Crippen LogP contribution in [0.4, 0.5) is 0 Å². The molecule has 14 atom stereocenters. The fraction of sp³-hybridized carbons (Fsp3) is 0.703. The van der Waals surface area contributed by atoms with Gasteiger partial charge in [-0.1, -0.05) is 55.5 Å². The molecule has 9 N–H and O–H groups in total. The highest BCUT2D eigenvalue weighted by molar-refractivity contribution is 5.80. The van der Waals surface area contributed by atoms with Crippen LogP contribution >= 0.6 is 0 Å². The molecule has 3 heterocycles. The Morgan fingerprint density at radius 1 is 0.981 bits per heavy atom. The zero-order valence-corrected chi connectivity index (χ0v) is 30.1. The molecular weight excluding hydrogens is 682 g/mol. The van der Waals surface area contributed by atoms with Gasteiger partial charge in [-0.2, -0.15) is 0 Å². The van der Waals surface area contributed by atoms with E-state index in [-0.39, 0.29) is 44.3 Å². The molecule has 0 saturated carbocycles. The van der Waals surface area contributed by atoms with Crippen molar-refractivity contribution in [2.75, 3.05) is 0 Å². The summed E-state index contributed by atoms with van der Waals surface area (Å²) in [5.41, 5.74) is 5.98. The molecule has 0 aromatic carbocycles. The van der Waals surface area contributed by atoms with E-state index in [0.717, 1.165) is 0 Å². The zero-order valence-electron chi connectivity index (χ0n) is 30.1. The fourth-order valence-corrected chi connectivity index (χ4v) is 6.72. The van der Waals surface area contributed by atoms with Crippen molar-refractivity contribution in [1.82, 2.24) is 0 Å². The number of rotatable bonds is 4. The highest BCUT2D eigenvalue weighted by Gasteiger charge is 2.50. The third-order valence-corrected chi connectivity index (χ3v) is 9.66. The predicted octanol–water partition coefficient (Wildman–Crippen LogP) is 0.923. The highest BCUT2D eigenvalue weighted by Crippen LogP contribution is 2.38. The summed E-state index contributed by atoms with van der Waals surface area (Å²) in [6.07, 6.45) is 1.33. The molecule has 294 valence electrons.